The lowest BCUT2D eigenvalue weighted by atomic mass is 9.89. The first-order valence-electron chi connectivity index (χ1n) is 7.22. The van der Waals surface area contributed by atoms with E-state index < -0.39 is 5.41 Å². The Bertz CT molecular complexity index is 487. The summed E-state index contributed by atoms with van der Waals surface area (Å²) < 4.78 is 0. The van der Waals surface area contributed by atoms with Gasteiger partial charge in [0.15, 0.2) is 0 Å². The monoisotopic (exact) mass is 295 g/mol. The second-order valence-electron chi connectivity index (χ2n) is 6.13. The average molecular weight is 295 g/mol. The van der Waals surface area contributed by atoms with Gasteiger partial charge in [0.25, 0.3) is 0 Å². The van der Waals surface area contributed by atoms with Gasteiger partial charge in [0.05, 0.1) is 11.5 Å². The van der Waals surface area contributed by atoms with Gasteiger partial charge >= 0.3 is 0 Å². The van der Waals surface area contributed by atoms with Crippen LogP contribution in [0.15, 0.2) is 11.4 Å². The summed E-state index contributed by atoms with van der Waals surface area (Å²) in [7, 11) is 0. The molecule has 3 unspecified atom stereocenters. The summed E-state index contributed by atoms with van der Waals surface area (Å²) >= 11 is 1.76. The van der Waals surface area contributed by atoms with Crippen LogP contribution >= 0.6 is 11.3 Å². The lowest BCUT2D eigenvalue weighted by Gasteiger charge is -2.33. The molecular formula is C15H25N3OS. The van der Waals surface area contributed by atoms with Crippen LogP contribution in [0.5, 0.6) is 0 Å². The second-order valence-corrected chi connectivity index (χ2v) is 7.08. The van der Waals surface area contributed by atoms with E-state index in [1.807, 2.05) is 6.92 Å². The number of hydrogen-bond acceptors (Lipinski definition) is 4. The van der Waals surface area contributed by atoms with E-state index in [1.165, 1.54) is 10.4 Å². The summed E-state index contributed by atoms with van der Waals surface area (Å²) in [4.78, 5) is 15.3. The molecule has 1 aromatic rings. The van der Waals surface area contributed by atoms with Crippen LogP contribution in [0.4, 0.5) is 0 Å². The highest BCUT2D eigenvalue weighted by Gasteiger charge is 2.43. The molecule has 0 spiro atoms. The Morgan fingerprint density at radius 1 is 1.60 bits per heavy atom. The maximum atomic E-state index is 11.7. The molecule has 3 atom stereocenters. The van der Waals surface area contributed by atoms with Gasteiger partial charge in [-0.05, 0) is 50.2 Å². The fourth-order valence-corrected chi connectivity index (χ4v) is 4.11. The maximum Gasteiger partial charge on any atom is 0.224 e. The molecule has 2 rings (SSSR count). The number of rotatable bonds is 5. The number of thiophene rings is 1. The number of likely N-dealkylation sites (tertiary alicyclic amines) is 1. The predicted octanol–water partition coefficient (Wildman–Crippen LogP) is 2.03. The molecule has 4 N–H and O–H groups in total. The first-order valence-corrected chi connectivity index (χ1v) is 8.10. The molecule has 0 aromatic carbocycles. The second kappa shape index (κ2) is 5.84. The van der Waals surface area contributed by atoms with Crippen LogP contribution in [-0.2, 0) is 4.79 Å². The van der Waals surface area contributed by atoms with Gasteiger partial charge in [-0.1, -0.05) is 6.92 Å². The van der Waals surface area contributed by atoms with Crippen molar-refractivity contribution in [1.82, 2.24) is 4.90 Å². The molecule has 0 radical (unpaired) electrons. The molecule has 1 saturated heterocycles. The zero-order valence-corrected chi connectivity index (χ0v) is 13.4. The highest BCUT2D eigenvalue weighted by atomic mass is 32.1. The van der Waals surface area contributed by atoms with Crippen LogP contribution in [0.2, 0.25) is 0 Å². The molecule has 0 saturated carbocycles. The van der Waals surface area contributed by atoms with Gasteiger partial charge in [-0.25, -0.2) is 0 Å². The van der Waals surface area contributed by atoms with Crippen LogP contribution in [0.1, 0.15) is 43.2 Å². The average Bonchev–Trinajstić information content (AvgIpc) is 2.98. The third-order valence-electron chi connectivity index (χ3n) is 4.54. The van der Waals surface area contributed by atoms with E-state index in [9.17, 15) is 4.79 Å². The number of primary amides is 1. The maximum absolute atomic E-state index is 11.7. The summed E-state index contributed by atoms with van der Waals surface area (Å²) in [6, 6.07) is 2.42. The standard InChI is InChI=1S/C15H25N3OS/c1-4-11(16)12(13-10(2)5-8-20-13)18-7-6-15(3,9-18)14(17)19/h5,8,11-12H,4,6-7,9,16H2,1-3H3,(H2,17,19). The molecule has 1 aliphatic rings. The Kier molecular flexibility index (Phi) is 4.52. The number of carbonyl (C=O) groups excluding carboxylic acids is 1. The van der Waals surface area contributed by atoms with Crippen molar-refractivity contribution in [1.29, 1.82) is 0 Å². The minimum Gasteiger partial charge on any atom is -0.369 e. The van der Waals surface area contributed by atoms with Gasteiger partial charge in [0.1, 0.15) is 0 Å². The molecule has 20 heavy (non-hydrogen) atoms. The normalized spacial score (nSPS) is 26.6. The van der Waals surface area contributed by atoms with Crippen LogP contribution in [0.25, 0.3) is 0 Å². The number of nitrogens with zero attached hydrogens (tertiary/aromatic N) is 1. The smallest absolute Gasteiger partial charge is 0.224 e. The fourth-order valence-electron chi connectivity index (χ4n) is 2.98. The number of carbonyl (C=O) groups is 1. The molecule has 2 heterocycles. The van der Waals surface area contributed by atoms with Crippen molar-refractivity contribution in [2.45, 2.75) is 45.7 Å². The number of amides is 1. The van der Waals surface area contributed by atoms with E-state index in [0.29, 0.717) is 6.54 Å². The van der Waals surface area contributed by atoms with E-state index in [4.69, 9.17) is 11.5 Å². The first kappa shape index (κ1) is 15.5. The van der Waals surface area contributed by atoms with Crippen molar-refractivity contribution in [3.63, 3.8) is 0 Å². The van der Waals surface area contributed by atoms with Gasteiger partial charge in [0.2, 0.25) is 5.91 Å². The van der Waals surface area contributed by atoms with Crippen molar-refractivity contribution >= 4 is 17.2 Å². The number of aryl methyl sites for hydroxylation is 1. The molecule has 1 aliphatic heterocycles. The minimum absolute atomic E-state index is 0.0857. The Labute approximate surface area is 125 Å². The zero-order valence-electron chi connectivity index (χ0n) is 12.6. The van der Waals surface area contributed by atoms with Gasteiger partial charge in [-0.2, -0.15) is 0 Å². The molecule has 5 heteroatoms. The molecule has 0 bridgehead atoms. The van der Waals surface area contributed by atoms with Gasteiger partial charge < -0.3 is 11.5 Å². The summed E-state index contributed by atoms with van der Waals surface area (Å²) in [6.45, 7) is 7.80. The Morgan fingerprint density at radius 2 is 2.30 bits per heavy atom. The molecular weight excluding hydrogens is 270 g/mol. The molecule has 1 amide bonds. The third-order valence-corrected chi connectivity index (χ3v) is 5.63. The number of hydrogen-bond donors (Lipinski definition) is 2. The van der Waals surface area contributed by atoms with Crippen LogP contribution in [0.3, 0.4) is 0 Å². The summed E-state index contributed by atoms with van der Waals surface area (Å²) in [5.41, 5.74) is 12.8. The highest BCUT2D eigenvalue weighted by Crippen LogP contribution is 2.39. The highest BCUT2D eigenvalue weighted by molar-refractivity contribution is 7.10. The molecule has 0 aliphatic carbocycles. The van der Waals surface area contributed by atoms with Gasteiger partial charge in [-0.15, -0.1) is 11.3 Å². The minimum atomic E-state index is -0.420. The van der Waals surface area contributed by atoms with Crippen molar-refractivity contribution in [2.75, 3.05) is 13.1 Å². The SMILES string of the molecule is CCC(N)C(c1sccc1C)N1CCC(C)(C(N)=O)C1. The van der Waals surface area contributed by atoms with Crippen LogP contribution < -0.4 is 11.5 Å². The Balaban J connectivity index is 2.26. The summed E-state index contributed by atoms with van der Waals surface area (Å²) in [5, 5.41) is 2.11. The Morgan fingerprint density at radius 3 is 2.75 bits per heavy atom. The quantitative estimate of drug-likeness (QED) is 0.873. The lowest BCUT2D eigenvalue weighted by molar-refractivity contribution is -0.126. The van der Waals surface area contributed by atoms with E-state index in [-0.39, 0.29) is 18.0 Å². The molecule has 1 fully saturated rings. The van der Waals surface area contributed by atoms with E-state index in [0.717, 1.165) is 19.4 Å². The van der Waals surface area contributed by atoms with Crippen molar-refractivity contribution in [2.24, 2.45) is 16.9 Å². The zero-order chi connectivity index (χ0) is 14.9. The molecule has 4 nitrogen and oxygen atoms in total. The van der Waals surface area contributed by atoms with E-state index in [2.05, 4.69) is 30.2 Å². The predicted molar refractivity (Wildman–Crippen MR) is 83.6 cm³/mol. The van der Waals surface area contributed by atoms with E-state index in [1.54, 1.807) is 11.3 Å². The summed E-state index contributed by atoms with van der Waals surface area (Å²) in [5.74, 6) is -0.202. The van der Waals surface area contributed by atoms with Crippen molar-refractivity contribution in [3.8, 4) is 0 Å². The first-order chi connectivity index (χ1) is 9.39. The van der Waals surface area contributed by atoms with Crippen LogP contribution in [-0.4, -0.2) is 29.9 Å². The van der Waals surface area contributed by atoms with Crippen molar-refractivity contribution in [3.05, 3.63) is 21.9 Å². The topological polar surface area (TPSA) is 72.3 Å². The van der Waals surface area contributed by atoms with Gasteiger partial charge in [0, 0.05) is 17.5 Å². The van der Waals surface area contributed by atoms with Crippen LogP contribution in [0, 0.1) is 12.3 Å². The van der Waals surface area contributed by atoms with Gasteiger partial charge in [-0.3, -0.25) is 9.69 Å². The third kappa shape index (κ3) is 2.75. The largest absolute Gasteiger partial charge is 0.369 e. The lowest BCUT2D eigenvalue weighted by Crippen LogP contribution is -2.42. The van der Waals surface area contributed by atoms with Crippen molar-refractivity contribution < 1.29 is 4.79 Å². The van der Waals surface area contributed by atoms with E-state index >= 15 is 0 Å². The number of nitrogens with two attached hydrogens (primary N) is 2. The molecule has 112 valence electrons. The fraction of sp³-hybridized carbons (Fsp3) is 0.667. The summed E-state index contributed by atoms with van der Waals surface area (Å²) in [6.07, 6.45) is 1.74. The molecule has 1 aromatic heterocycles. The Hall–Kier alpha value is -0.910.